The molecular weight excluding hydrogens is 455 g/mol. The maximum Gasteiger partial charge on any atom is 0.233 e. The summed E-state index contributed by atoms with van der Waals surface area (Å²) in [7, 11) is 0. The van der Waals surface area contributed by atoms with E-state index in [-0.39, 0.29) is 11.7 Å². The maximum absolute atomic E-state index is 14.1. The first-order valence-electron chi connectivity index (χ1n) is 11.5. The van der Waals surface area contributed by atoms with Crippen LogP contribution in [0.3, 0.4) is 0 Å². The third-order valence-corrected chi connectivity index (χ3v) is 7.10. The fourth-order valence-corrected chi connectivity index (χ4v) is 5.28. The molecule has 0 unspecified atom stereocenters. The van der Waals surface area contributed by atoms with Crippen molar-refractivity contribution in [2.24, 2.45) is 0 Å². The molecule has 0 aliphatic carbocycles. The minimum atomic E-state index is -0.224. The van der Waals surface area contributed by atoms with Gasteiger partial charge in [0.25, 0.3) is 0 Å². The Morgan fingerprint density at radius 2 is 1.82 bits per heavy atom. The first kappa shape index (κ1) is 22.6. The molecule has 7 nitrogen and oxygen atoms in total. The lowest BCUT2D eigenvalue weighted by Gasteiger charge is -2.36. The number of halogens is 1. The monoisotopic (exact) mass is 482 g/mol. The standard InChI is InChI=1S/C25H27FN4O3S/c1-2-30-21(18-7-8-22-23(15-18)33-14-13-32-22)16-27-25(30)34-17-24(31)29-11-9-28(10-12-29)20-6-4-3-5-19(20)26/h3-8,15-16H,2,9-14,17H2,1H3. The number of thioether (sulfide) groups is 1. The zero-order valence-corrected chi connectivity index (χ0v) is 19.9. The average molecular weight is 483 g/mol. The summed E-state index contributed by atoms with van der Waals surface area (Å²) in [5.74, 6) is 1.67. The number of nitrogens with zero attached hydrogens (tertiary/aromatic N) is 4. The number of carbonyl (C=O) groups is 1. The molecule has 2 aromatic carbocycles. The Bertz CT molecular complexity index is 1180. The number of ether oxygens (including phenoxy) is 2. The van der Waals surface area contributed by atoms with E-state index < -0.39 is 0 Å². The van der Waals surface area contributed by atoms with E-state index >= 15 is 0 Å². The highest BCUT2D eigenvalue weighted by Gasteiger charge is 2.23. The zero-order chi connectivity index (χ0) is 23.5. The molecule has 2 aliphatic rings. The van der Waals surface area contributed by atoms with Crippen LogP contribution < -0.4 is 14.4 Å². The van der Waals surface area contributed by atoms with Gasteiger partial charge < -0.3 is 23.8 Å². The van der Waals surface area contributed by atoms with E-state index in [1.807, 2.05) is 40.3 Å². The molecule has 1 fully saturated rings. The lowest BCUT2D eigenvalue weighted by molar-refractivity contribution is -0.128. The second kappa shape index (κ2) is 9.97. The van der Waals surface area contributed by atoms with Crippen molar-refractivity contribution in [1.82, 2.24) is 14.5 Å². The number of piperazine rings is 1. The smallest absolute Gasteiger partial charge is 0.233 e. The minimum Gasteiger partial charge on any atom is -0.486 e. The van der Waals surface area contributed by atoms with Gasteiger partial charge in [-0.25, -0.2) is 9.37 Å². The predicted molar refractivity (Wildman–Crippen MR) is 130 cm³/mol. The summed E-state index contributed by atoms with van der Waals surface area (Å²) < 4.78 is 27.5. The van der Waals surface area contributed by atoms with Crippen molar-refractivity contribution >= 4 is 23.4 Å². The van der Waals surface area contributed by atoms with Gasteiger partial charge in [-0.2, -0.15) is 0 Å². The number of imidazole rings is 1. The highest BCUT2D eigenvalue weighted by Crippen LogP contribution is 2.35. The van der Waals surface area contributed by atoms with Crippen LogP contribution in [-0.2, 0) is 11.3 Å². The maximum atomic E-state index is 14.1. The normalized spacial score (nSPS) is 15.5. The quantitative estimate of drug-likeness (QED) is 0.497. The van der Waals surface area contributed by atoms with Crippen molar-refractivity contribution in [3.05, 3.63) is 54.5 Å². The van der Waals surface area contributed by atoms with Crippen LogP contribution in [-0.4, -0.2) is 65.5 Å². The molecule has 0 radical (unpaired) electrons. The van der Waals surface area contributed by atoms with E-state index in [1.54, 1.807) is 12.1 Å². The number of para-hydroxylation sites is 1. The van der Waals surface area contributed by atoms with Crippen LogP contribution in [0.1, 0.15) is 6.92 Å². The predicted octanol–water partition coefficient (Wildman–Crippen LogP) is 3.92. The van der Waals surface area contributed by atoms with Gasteiger partial charge in [0.1, 0.15) is 19.0 Å². The lowest BCUT2D eigenvalue weighted by Crippen LogP contribution is -2.49. The summed E-state index contributed by atoms with van der Waals surface area (Å²) in [4.78, 5) is 21.3. The Balaban J connectivity index is 1.21. The molecule has 2 aliphatic heterocycles. The molecule has 178 valence electrons. The molecule has 0 bridgehead atoms. The van der Waals surface area contributed by atoms with Crippen LogP contribution in [0.2, 0.25) is 0 Å². The van der Waals surface area contributed by atoms with E-state index in [0.29, 0.717) is 50.8 Å². The number of amides is 1. The molecule has 0 atom stereocenters. The summed E-state index contributed by atoms with van der Waals surface area (Å²) in [5, 5.41) is 0.811. The van der Waals surface area contributed by atoms with Crippen LogP contribution in [0.5, 0.6) is 11.5 Å². The van der Waals surface area contributed by atoms with Gasteiger partial charge in [-0.1, -0.05) is 23.9 Å². The van der Waals surface area contributed by atoms with E-state index in [9.17, 15) is 9.18 Å². The van der Waals surface area contributed by atoms with Crippen molar-refractivity contribution in [3.63, 3.8) is 0 Å². The molecule has 3 aromatic rings. The van der Waals surface area contributed by atoms with Gasteiger partial charge in [-0.3, -0.25) is 4.79 Å². The van der Waals surface area contributed by atoms with Crippen LogP contribution in [0.25, 0.3) is 11.3 Å². The van der Waals surface area contributed by atoms with Crippen molar-refractivity contribution in [2.75, 3.05) is 50.0 Å². The average Bonchev–Trinajstić information content (AvgIpc) is 3.30. The summed E-state index contributed by atoms with van der Waals surface area (Å²) in [5.41, 5.74) is 2.58. The zero-order valence-electron chi connectivity index (χ0n) is 19.1. The largest absolute Gasteiger partial charge is 0.486 e. The minimum absolute atomic E-state index is 0.0738. The van der Waals surface area contributed by atoms with Gasteiger partial charge in [0.05, 0.1) is 23.3 Å². The number of hydrogen-bond acceptors (Lipinski definition) is 6. The third-order valence-electron chi connectivity index (χ3n) is 6.12. The molecule has 1 amide bonds. The number of carbonyl (C=O) groups excluding carboxylic acids is 1. The summed E-state index contributed by atoms with van der Waals surface area (Å²) in [6, 6.07) is 12.7. The van der Waals surface area contributed by atoms with Crippen molar-refractivity contribution in [2.45, 2.75) is 18.6 Å². The molecule has 9 heteroatoms. The number of benzene rings is 2. The van der Waals surface area contributed by atoms with Crippen LogP contribution in [0, 0.1) is 5.82 Å². The molecule has 34 heavy (non-hydrogen) atoms. The van der Waals surface area contributed by atoms with E-state index in [1.165, 1.54) is 17.8 Å². The Hall–Kier alpha value is -3.20. The Labute approximate surface area is 202 Å². The molecule has 0 N–H and O–H groups in total. The number of aromatic nitrogens is 2. The van der Waals surface area contributed by atoms with Crippen LogP contribution in [0.15, 0.2) is 53.8 Å². The first-order valence-corrected chi connectivity index (χ1v) is 12.5. The van der Waals surface area contributed by atoms with Crippen molar-refractivity contribution < 1.29 is 18.7 Å². The van der Waals surface area contributed by atoms with Gasteiger partial charge in [0.15, 0.2) is 16.7 Å². The van der Waals surface area contributed by atoms with E-state index in [4.69, 9.17) is 9.47 Å². The number of fused-ring (bicyclic) bond motifs is 1. The van der Waals surface area contributed by atoms with Crippen LogP contribution in [0.4, 0.5) is 10.1 Å². The molecule has 3 heterocycles. The molecule has 5 rings (SSSR count). The number of hydrogen-bond donors (Lipinski definition) is 0. The fourth-order valence-electron chi connectivity index (χ4n) is 4.34. The Morgan fingerprint density at radius 3 is 2.59 bits per heavy atom. The second-order valence-corrected chi connectivity index (χ2v) is 9.08. The van der Waals surface area contributed by atoms with Gasteiger partial charge in [-0.05, 0) is 37.3 Å². The summed E-state index contributed by atoms with van der Waals surface area (Å²) in [6.07, 6.45) is 1.84. The highest BCUT2D eigenvalue weighted by molar-refractivity contribution is 7.99. The van der Waals surface area contributed by atoms with Gasteiger partial charge in [0.2, 0.25) is 5.91 Å². The second-order valence-electron chi connectivity index (χ2n) is 8.14. The number of anilines is 1. The third kappa shape index (κ3) is 4.57. The van der Waals surface area contributed by atoms with Gasteiger partial charge in [-0.15, -0.1) is 0 Å². The molecule has 0 saturated carbocycles. The Kier molecular flexibility index (Phi) is 6.62. The highest BCUT2D eigenvalue weighted by atomic mass is 32.2. The van der Waals surface area contributed by atoms with E-state index in [0.717, 1.165) is 34.5 Å². The first-order chi connectivity index (χ1) is 16.6. The Morgan fingerprint density at radius 1 is 1.06 bits per heavy atom. The van der Waals surface area contributed by atoms with Crippen molar-refractivity contribution in [1.29, 1.82) is 0 Å². The molecule has 1 aromatic heterocycles. The van der Waals surface area contributed by atoms with Crippen molar-refractivity contribution in [3.8, 4) is 22.8 Å². The molecule has 0 spiro atoms. The molecular formula is C25H27FN4O3S. The number of rotatable bonds is 6. The van der Waals surface area contributed by atoms with Crippen LogP contribution >= 0.6 is 11.8 Å². The van der Waals surface area contributed by atoms with E-state index in [2.05, 4.69) is 16.5 Å². The summed E-state index contributed by atoms with van der Waals surface area (Å²) >= 11 is 1.45. The fraction of sp³-hybridized carbons (Fsp3) is 0.360. The van der Waals surface area contributed by atoms with Gasteiger partial charge in [0, 0.05) is 38.3 Å². The van der Waals surface area contributed by atoms with Gasteiger partial charge >= 0.3 is 0 Å². The SMILES string of the molecule is CCn1c(-c2ccc3c(c2)OCCO3)cnc1SCC(=O)N1CCN(c2ccccc2F)CC1. The summed E-state index contributed by atoms with van der Waals surface area (Å²) in [6.45, 7) is 6.31. The molecule has 1 saturated heterocycles. The lowest BCUT2D eigenvalue weighted by atomic mass is 10.1. The topological polar surface area (TPSA) is 59.8 Å².